The van der Waals surface area contributed by atoms with Gasteiger partial charge in [0.05, 0.1) is 42.6 Å². The van der Waals surface area contributed by atoms with Gasteiger partial charge in [-0.1, -0.05) is 12.1 Å². The normalized spacial score (nSPS) is 13.9. The number of ether oxygens (including phenoxy) is 2. The van der Waals surface area contributed by atoms with Crippen molar-refractivity contribution in [3.8, 4) is 17.3 Å². The van der Waals surface area contributed by atoms with Gasteiger partial charge in [0.2, 0.25) is 0 Å². The number of aromatic amines is 2. The van der Waals surface area contributed by atoms with E-state index in [0.29, 0.717) is 35.1 Å². The minimum atomic E-state index is -0.271. The number of carbonyl (C=O) groups is 1. The van der Waals surface area contributed by atoms with Crippen LogP contribution in [0.2, 0.25) is 0 Å². The van der Waals surface area contributed by atoms with Crippen molar-refractivity contribution in [3.63, 3.8) is 0 Å². The number of benzene rings is 1. The Morgan fingerprint density at radius 2 is 2.17 bits per heavy atom. The van der Waals surface area contributed by atoms with E-state index in [1.165, 1.54) is 0 Å². The molecule has 3 aromatic rings. The standard InChI is InChI=1S/C20H24N6O3/c1-28-10-9-26-8-7-14-16(12-26)23-19(22-14)18-15(11-21-25-18)24-20(27)13-5-3-4-6-17(13)29-2/h3-6,11H,7-10,12H2,1-2H3,(H,21,25)(H,22,23)(H,24,27). The highest BCUT2D eigenvalue weighted by molar-refractivity contribution is 6.07. The van der Waals surface area contributed by atoms with Crippen molar-refractivity contribution in [2.24, 2.45) is 0 Å². The fourth-order valence-corrected chi connectivity index (χ4v) is 3.46. The van der Waals surface area contributed by atoms with E-state index in [0.717, 1.165) is 37.4 Å². The van der Waals surface area contributed by atoms with Gasteiger partial charge in [0.25, 0.3) is 5.91 Å². The molecule has 3 heterocycles. The Labute approximate surface area is 168 Å². The molecule has 0 radical (unpaired) electrons. The summed E-state index contributed by atoms with van der Waals surface area (Å²) in [6.07, 6.45) is 2.45. The molecule has 0 atom stereocenters. The molecule has 1 aliphatic heterocycles. The molecule has 0 bridgehead atoms. The predicted octanol–water partition coefficient (Wildman–Crippen LogP) is 2.07. The molecule has 9 nitrogen and oxygen atoms in total. The van der Waals surface area contributed by atoms with Crippen LogP contribution in [0.15, 0.2) is 30.5 Å². The zero-order chi connectivity index (χ0) is 20.2. The predicted molar refractivity (Wildman–Crippen MR) is 108 cm³/mol. The molecule has 2 aromatic heterocycles. The quantitative estimate of drug-likeness (QED) is 0.564. The number of imidazole rings is 1. The van der Waals surface area contributed by atoms with Gasteiger partial charge < -0.3 is 19.8 Å². The maximum atomic E-state index is 12.7. The third-order valence-electron chi connectivity index (χ3n) is 5.00. The molecule has 152 valence electrons. The monoisotopic (exact) mass is 396 g/mol. The lowest BCUT2D eigenvalue weighted by Gasteiger charge is -2.25. The SMILES string of the molecule is COCCN1CCc2nc(-c3[nH]ncc3NC(=O)c3ccccc3OC)[nH]c2C1. The Hall–Kier alpha value is -3.17. The van der Waals surface area contributed by atoms with Crippen molar-refractivity contribution in [1.82, 2.24) is 25.1 Å². The van der Waals surface area contributed by atoms with Gasteiger partial charge in [0.1, 0.15) is 11.4 Å². The van der Waals surface area contributed by atoms with Gasteiger partial charge in [-0.2, -0.15) is 5.10 Å². The zero-order valence-electron chi connectivity index (χ0n) is 16.5. The molecule has 0 saturated heterocycles. The second-order valence-corrected chi connectivity index (χ2v) is 6.84. The molecule has 0 unspecified atom stereocenters. The fourth-order valence-electron chi connectivity index (χ4n) is 3.46. The number of hydrogen-bond donors (Lipinski definition) is 3. The van der Waals surface area contributed by atoms with E-state index < -0.39 is 0 Å². The van der Waals surface area contributed by atoms with Gasteiger partial charge in [-0.15, -0.1) is 0 Å². The molecule has 1 amide bonds. The number of amides is 1. The van der Waals surface area contributed by atoms with Crippen molar-refractivity contribution in [3.05, 3.63) is 47.4 Å². The summed E-state index contributed by atoms with van der Waals surface area (Å²) in [4.78, 5) is 23.2. The van der Waals surface area contributed by atoms with Gasteiger partial charge in [-0.05, 0) is 12.1 Å². The molecule has 1 aliphatic rings. The molecule has 3 N–H and O–H groups in total. The molecule has 4 rings (SSSR count). The molecule has 29 heavy (non-hydrogen) atoms. The average molecular weight is 396 g/mol. The number of carbonyl (C=O) groups excluding carboxylic acids is 1. The smallest absolute Gasteiger partial charge is 0.259 e. The van der Waals surface area contributed by atoms with Crippen LogP contribution in [-0.4, -0.2) is 64.9 Å². The van der Waals surface area contributed by atoms with Crippen molar-refractivity contribution in [2.75, 3.05) is 39.2 Å². The first-order chi connectivity index (χ1) is 14.2. The van der Waals surface area contributed by atoms with Crippen LogP contribution in [0.1, 0.15) is 21.7 Å². The van der Waals surface area contributed by atoms with Crippen molar-refractivity contribution in [1.29, 1.82) is 0 Å². The molecular weight excluding hydrogens is 372 g/mol. The molecular formula is C20H24N6O3. The third kappa shape index (κ3) is 4.01. The van der Waals surface area contributed by atoms with Gasteiger partial charge >= 0.3 is 0 Å². The number of rotatable bonds is 7. The Morgan fingerprint density at radius 1 is 1.31 bits per heavy atom. The number of aromatic nitrogens is 4. The summed E-state index contributed by atoms with van der Waals surface area (Å²) >= 11 is 0. The number of nitrogens with zero attached hydrogens (tertiary/aromatic N) is 3. The highest BCUT2D eigenvalue weighted by Crippen LogP contribution is 2.27. The van der Waals surface area contributed by atoms with Gasteiger partial charge in [-0.25, -0.2) is 4.98 Å². The third-order valence-corrected chi connectivity index (χ3v) is 5.00. The van der Waals surface area contributed by atoms with Crippen LogP contribution in [0.3, 0.4) is 0 Å². The van der Waals surface area contributed by atoms with Gasteiger partial charge in [0.15, 0.2) is 5.82 Å². The molecule has 9 heteroatoms. The summed E-state index contributed by atoms with van der Waals surface area (Å²) < 4.78 is 10.4. The summed E-state index contributed by atoms with van der Waals surface area (Å²) in [6.45, 7) is 3.33. The minimum Gasteiger partial charge on any atom is -0.496 e. The van der Waals surface area contributed by atoms with E-state index in [9.17, 15) is 4.79 Å². The number of fused-ring (bicyclic) bond motifs is 1. The van der Waals surface area contributed by atoms with Gasteiger partial charge in [0, 0.05) is 33.2 Å². The van der Waals surface area contributed by atoms with Crippen LogP contribution in [0.4, 0.5) is 5.69 Å². The second-order valence-electron chi connectivity index (χ2n) is 6.84. The van der Waals surface area contributed by atoms with Crippen LogP contribution in [0, 0.1) is 0 Å². The minimum absolute atomic E-state index is 0.271. The number of anilines is 1. The lowest BCUT2D eigenvalue weighted by molar-refractivity contribution is 0.102. The van der Waals surface area contributed by atoms with Crippen LogP contribution in [0.25, 0.3) is 11.5 Å². The average Bonchev–Trinajstić information content (AvgIpc) is 3.38. The maximum Gasteiger partial charge on any atom is 0.259 e. The van der Waals surface area contributed by atoms with E-state index in [1.54, 1.807) is 38.6 Å². The van der Waals surface area contributed by atoms with E-state index >= 15 is 0 Å². The first kappa shape index (κ1) is 19.2. The maximum absolute atomic E-state index is 12.7. The van der Waals surface area contributed by atoms with Crippen molar-refractivity contribution < 1.29 is 14.3 Å². The van der Waals surface area contributed by atoms with E-state index in [4.69, 9.17) is 14.5 Å². The lowest BCUT2D eigenvalue weighted by Crippen LogP contribution is -2.33. The summed E-state index contributed by atoms with van der Waals surface area (Å²) in [5.74, 6) is 0.906. The summed E-state index contributed by atoms with van der Waals surface area (Å²) in [5, 5.41) is 9.93. The first-order valence-corrected chi connectivity index (χ1v) is 9.46. The van der Waals surface area contributed by atoms with Crippen LogP contribution in [0.5, 0.6) is 5.75 Å². The number of nitrogens with one attached hydrogen (secondary N) is 3. The van der Waals surface area contributed by atoms with E-state index in [2.05, 4.69) is 25.4 Å². The molecule has 0 aliphatic carbocycles. The first-order valence-electron chi connectivity index (χ1n) is 9.46. The van der Waals surface area contributed by atoms with E-state index in [-0.39, 0.29) is 5.91 Å². The molecule has 1 aromatic carbocycles. The van der Waals surface area contributed by atoms with Crippen LogP contribution in [-0.2, 0) is 17.7 Å². The summed E-state index contributed by atoms with van der Waals surface area (Å²) in [7, 11) is 3.25. The van der Waals surface area contributed by atoms with Crippen LogP contribution >= 0.6 is 0 Å². The van der Waals surface area contributed by atoms with E-state index in [1.807, 2.05) is 6.07 Å². The number of hydrogen-bond acceptors (Lipinski definition) is 6. The Balaban J connectivity index is 1.53. The Kier molecular flexibility index (Phi) is 5.59. The topological polar surface area (TPSA) is 108 Å². The van der Waals surface area contributed by atoms with Crippen molar-refractivity contribution in [2.45, 2.75) is 13.0 Å². The van der Waals surface area contributed by atoms with Crippen LogP contribution < -0.4 is 10.1 Å². The summed E-state index contributed by atoms with van der Waals surface area (Å²) in [5.41, 5.74) is 3.79. The van der Waals surface area contributed by atoms with Gasteiger partial charge in [-0.3, -0.25) is 14.8 Å². The largest absolute Gasteiger partial charge is 0.496 e. The number of methoxy groups -OCH3 is 2. The zero-order valence-corrected chi connectivity index (χ0v) is 16.5. The lowest BCUT2D eigenvalue weighted by atomic mass is 10.1. The summed E-state index contributed by atoms with van der Waals surface area (Å²) in [6, 6.07) is 7.08. The molecule has 0 spiro atoms. The Morgan fingerprint density at radius 3 is 3.00 bits per heavy atom. The highest BCUT2D eigenvalue weighted by Gasteiger charge is 2.23. The fraction of sp³-hybridized carbons (Fsp3) is 0.350. The Bertz CT molecular complexity index is 996. The second kappa shape index (κ2) is 8.46. The highest BCUT2D eigenvalue weighted by atomic mass is 16.5. The number of H-pyrrole nitrogens is 2. The molecule has 0 fully saturated rings. The van der Waals surface area contributed by atoms with Crippen molar-refractivity contribution >= 4 is 11.6 Å². The number of para-hydroxylation sites is 1. The molecule has 0 saturated carbocycles.